The number of hydrogen-bond donors (Lipinski definition) is 0. The van der Waals surface area contributed by atoms with E-state index in [9.17, 15) is 0 Å². The van der Waals surface area contributed by atoms with Crippen molar-refractivity contribution in [2.75, 3.05) is 4.90 Å². The van der Waals surface area contributed by atoms with E-state index in [1.165, 1.54) is 92.3 Å². The van der Waals surface area contributed by atoms with E-state index in [0.29, 0.717) is 0 Å². The number of benzene rings is 7. The van der Waals surface area contributed by atoms with Crippen LogP contribution in [0.5, 0.6) is 0 Å². The van der Waals surface area contributed by atoms with E-state index >= 15 is 0 Å². The largest absolute Gasteiger partial charge is 0.310 e. The van der Waals surface area contributed by atoms with Gasteiger partial charge in [0.15, 0.2) is 0 Å². The van der Waals surface area contributed by atoms with E-state index < -0.39 is 0 Å². The van der Waals surface area contributed by atoms with Crippen LogP contribution < -0.4 is 4.90 Å². The van der Waals surface area contributed by atoms with Crippen molar-refractivity contribution in [2.45, 2.75) is 32.1 Å². The minimum Gasteiger partial charge on any atom is -0.310 e. The number of thiophene rings is 1. The zero-order chi connectivity index (χ0) is 36.3. The first-order chi connectivity index (χ1) is 27.3. The van der Waals surface area contributed by atoms with Crippen LogP contribution in [0.15, 0.2) is 182 Å². The minimum absolute atomic E-state index is 0.992. The Morgan fingerprint density at radius 2 is 1.25 bits per heavy atom. The Labute approximate surface area is 326 Å². The van der Waals surface area contributed by atoms with E-state index in [1.807, 2.05) is 11.3 Å². The van der Waals surface area contributed by atoms with Crippen LogP contribution in [0.25, 0.3) is 64.3 Å². The highest BCUT2D eigenvalue weighted by molar-refractivity contribution is 7.26. The summed E-state index contributed by atoms with van der Waals surface area (Å²) in [5.74, 6) is 0. The Bertz CT molecular complexity index is 2940. The van der Waals surface area contributed by atoms with Gasteiger partial charge in [-0.25, -0.2) is 0 Å². The first-order valence-corrected chi connectivity index (χ1v) is 20.4. The molecule has 2 heteroatoms. The predicted octanol–water partition coefficient (Wildman–Crippen LogP) is 15.4. The van der Waals surface area contributed by atoms with Crippen molar-refractivity contribution in [3.8, 4) is 22.3 Å². The van der Waals surface area contributed by atoms with Gasteiger partial charge in [-0.1, -0.05) is 140 Å². The third-order valence-electron chi connectivity index (χ3n) is 11.8. The molecule has 262 valence electrons. The van der Waals surface area contributed by atoms with Gasteiger partial charge in [0.2, 0.25) is 0 Å². The van der Waals surface area contributed by atoms with Crippen LogP contribution in [-0.2, 0) is 6.42 Å². The summed E-state index contributed by atoms with van der Waals surface area (Å²) in [6.45, 7) is 0. The van der Waals surface area contributed by atoms with Gasteiger partial charge in [0.1, 0.15) is 0 Å². The van der Waals surface area contributed by atoms with Crippen LogP contribution in [0.1, 0.15) is 42.4 Å². The zero-order valence-corrected chi connectivity index (χ0v) is 31.5. The second kappa shape index (κ2) is 13.3. The maximum absolute atomic E-state index is 2.47. The number of fused-ring (bicyclic) bond motifs is 6. The lowest BCUT2D eigenvalue weighted by Gasteiger charge is -2.28. The fraction of sp³-hybridized carbons (Fsp3) is 0.0943. The molecule has 0 saturated carbocycles. The Hall–Kier alpha value is -6.22. The second-order valence-electron chi connectivity index (χ2n) is 15.0. The molecule has 0 aliphatic heterocycles. The summed E-state index contributed by atoms with van der Waals surface area (Å²) in [7, 11) is 0. The Morgan fingerprint density at radius 3 is 2.16 bits per heavy atom. The first-order valence-electron chi connectivity index (χ1n) is 19.6. The molecule has 0 spiro atoms. The van der Waals surface area contributed by atoms with Crippen molar-refractivity contribution >= 4 is 70.5 Å². The van der Waals surface area contributed by atoms with Gasteiger partial charge in [-0.2, -0.15) is 0 Å². The van der Waals surface area contributed by atoms with E-state index in [-0.39, 0.29) is 0 Å². The molecule has 0 N–H and O–H groups in total. The molecule has 1 aromatic heterocycles. The topological polar surface area (TPSA) is 3.24 Å². The summed E-state index contributed by atoms with van der Waals surface area (Å²) >= 11 is 1.91. The van der Waals surface area contributed by atoms with Crippen molar-refractivity contribution < 1.29 is 0 Å². The SMILES string of the molecule is C1=CC(c2ccc(N(c3ccc(-c4cccc5c4CC4=C5CCC=C4)c(-c4cccc5c4sc4ccccc45)c3)c3cccc4ccccc34)cc2)=CCC1. The van der Waals surface area contributed by atoms with Gasteiger partial charge in [0, 0.05) is 42.5 Å². The molecule has 0 unspecified atom stereocenters. The lowest BCUT2D eigenvalue weighted by Crippen LogP contribution is -2.11. The molecule has 1 heterocycles. The fourth-order valence-corrected chi connectivity index (χ4v) is 10.5. The average Bonchev–Trinajstić information content (AvgIpc) is 3.83. The van der Waals surface area contributed by atoms with Crippen LogP contribution in [0, 0.1) is 0 Å². The fourth-order valence-electron chi connectivity index (χ4n) is 9.24. The molecule has 55 heavy (non-hydrogen) atoms. The van der Waals surface area contributed by atoms with Crippen molar-refractivity contribution in [1.82, 2.24) is 0 Å². The van der Waals surface area contributed by atoms with Crippen LogP contribution in [0.3, 0.4) is 0 Å². The lowest BCUT2D eigenvalue weighted by molar-refractivity contribution is 1.04. The first kappa shape index (κ1) is 32.2. The molecule has 8 aromatic rings. The van der Waals surface area contributed by atoms with E-state index in [0.717, 1.165) is 43.5 Å². The normalized spacial score (nSPS) is 14.8. The summed E-state index contributed by atoms with van der Waals surface area (Å²) in [6, 6.07) is 54.6. The van der Waals surface area contributed by atoms with Gasteiger partial charge in [0.25, 0.3) is 0 Å². The molecule has 0 bridgehead atoms. The lowest BCUT2D eigenvalue weighted by atomic mass is 9.88. The Balaban J connectivity index is 1.16. The molecule has 3 aliphatic carbocycles. The average molecular weight is 722 g/mol. The molecule has 0 atom stereocenters. The molecule has 0 amide bonds. The van der Waals surface area contributed by atoms with Crippen LogP contribution in [-0.4, -0.2) is 0 Å². The zero-order valence-electron chi connectivity index (χ0n) is 30.6. The molecule has 7 aromatic carbocycles. The summed E-state index contributed by atoms with van der Waals surface area (Å²) in [4.78, 5) is 2.47. The van der Waals surface area contributed by atoms with Crippen molar-refractivity contribution in [3.63, 3.8) is 0 Å². The maximum Gasteiger partial charge on any atom is 0.0540 e. The second-order valence-corrected chi connectivity index (χ2v) is 16.0. The highest BCUT2D eigenvalue weighted by Gasteiger charge is 2.26. The molecule has 0 fully saturated rings. The van der Waals surface area contributed by atoms with Crippen LogP contribution in [0.2, 0.25) is 0 Å². The number of nitrogens with zero attached hydrogens (tertiary/aromatic N) is 1. The third-order valence-corrected chi connectivity index (χ3v) is 13.1. The highest BCUT2D eigenvalue weighted by Crippen LogP contribution is 2.49. The van der Waals surface area contributed by atoms with Gasteiger partial charge in [0.05, 0.1) is 5.69 Å². The molecular formula is C53H39NS. The quantitative estimate of drug-likeness (QED) is 0.165. The summed E-state index contributed by atoms with van der Waals surface area (Å²) in [6.07, 6.45) is 17.1. The van der Waals surface area contributed by atoms with Crippen LogP contribution in [0.4, 0.5) is 17.1 Å². The Morgan fingerprint density at radius 1 is 0.509 bits per heavy atom. The van der Waals surface area contributed by atoms with Crippen molar-refractivity contribution in [3.05, 3.63) is 198 Å². The maximum atomic E-state index is 2.47. The summed E-state index contributed by atoms with van der Waals surface area (Å²) < 4.78 is 2.66. The van der Waals surface area contributed by atoms with E-state index in [2.05, 4.69) is 181 Å². The van der Waals surface area contributed by atoms with Gasteiger partial charge in [-0.15, -0.1) is 11.3 Å². The van der Waals surface area contributed by atoms with E-state index in [4.69, 9.17) is 0 Å². The molecular weight excluding hydrogens is 683 g/mol. The summed E-state index contributed by atoms with van der Waals surface area (Å²) in [5.41, 5.74) is 17.1. The van der Waals surface area contributed by atoms with Gasteiger partial charge >= 0.3 is 0 Å². The number of rotatable bonds is 6. The smallest absolute Gasteiger partial charge is 0.0540 e. The molecule has 1 nitrogen and oxygen atoms in total. The van der Waals surface area contributed by atoms with Crippen molar-refractivity contribution in [2.24, 2.45) is 0 Å². The third kappa shape index (κ3) is 5.43. The minimum atomic E-state index is 0.992. The number of anilines is 3. The van der Waals surface area contributed by atoms with Gasteiger partial charge < -0.3 is 4.90 Å². The molecule has 11 rings (SSSR count). The highest BCUT2D eigenvalue weighted by atomic mass is 32.1. The van der Waals surface area contributed by atoms with Gasteiger partial charge in [-0.05, 0) is 124 Å². The van der Waals surface area contributed by atoms with Gasteiger partial charge in [-0.3, -0.25) is 0 Å². The van der Waals surface area contributed by atoms with Crippen molar-refractivity contribution in [1.29, 1.82) is 0 Å². The monoisotopic (exact) mass is 721 g/mol. The predicted molar refractivity (Wildman–Crippen MR) is 238 cm³/mol. The number of allylic oxidation sites excluding steroid dienone is 8. The number of hydrogen-bond acceptors (Lipinski definition) is 2. The standard InChI is InChI=1S/C53H39NS/c1-2-13-35(14-3-1)36-27-29-39(30-28-36)54(51-25-10-17-37-15-4-7-19-42(37)51)40-31-32-45(44-22-11-21-43-41-18-6-5-16-38(41)33-49(43)44)50(34-40)48-24-12-23-47-46-20-8-9-26-52(46)55-53(47)48/h2,4-5,7-17,19-32,34H,1,3,6,18,33H2. The molecule has 3 aliphatic rings. The summed E-state index contributed by atoms with van der Waals surface area (Å²) in [5, 5.41) is 5.11. The molecule has 0 radical (unpaired) electrons. The Kier molecular flexibility index (Phi) is 7.77. The molecule has 0 saturated heterocycles. The van der Waals surface area contributed by atoms with E-state index in [1.54, 1.807) is 0 Å². The van der Waals surface area contributed by atoms with Crippen LogP contribution >= 0.6 is 11.3 Å².